The lowest BCUT2D eigenvalue weighted by atomic mass is 10.1. The maximum Gasteiger partial charge on any atom is 0.244 e. The Bertz CT molecular complexity index is 1020. The average Bonchev–Trinajstić information content (AvgIpc) is 2.97. The Hall–Kier alpha value is -1.90. The molecule has 0 atom stereocenters. The molecule has 132 valence electrons. The molecular weight excluding hydrogens is 411 g/mol. The maximum absolute atomic E-state index is 13.4. The van der Waals surface area contributed by atoms with Crippen molar-refractivity contribution in [1.82, 2.24) is 9.71 Å². The van der Waals surface area contributed by atoms with Gasteiger partial charge in [0, 0.05) is 28.1 Å². The topological polar surface area (TPSA) is 71.2 Å². The van der Waals surface area contributed by atoms with Gasteiger partial charge < -0.3 is 9.72 Å². The highest BCUT2D eigenvalue weighted by Crippen LogP contribution is 2.27. The third-order valence-corrected chi connectivity index (χ3v) is 5.81. The summed E-state index contributed by atoms with van der Waals surface area (Å²) in [7, 11) is -2.31. The molecule has 0 radical (unpaired) electrons. The number of methoxy groups -OCH3 is 1. The number of aromatic amines is 1. The van der Waals surface area contributed by atoms with Crippen LogP contribution in [0.15, 0.2) is 52.0 Å². The first-order valence-corrected chi connectivity index (χ1v) is 9.77. The Morgan fingerprint density at radius 3 is 2.80 bits per heavy atom. The van der Waals surface area contributed by atoms with Gasteiger partial charge in [-0.15, -0.1) is 0 Å². The summed E-state index contributed by atoms with van der Waals surface area (Å²) in [6.45, 7) is 0.182. The van der Waals surface area contributed by atoms with Gasteiger partial charge in [0.1, 0.15) is 16.5 Å². The number of halogens is 2. The van der Waals surface area contributed by atoms with E-state index in [0.29, 0.717) is 10.9 Å². The normalized spacial score (nSPS) is 11.8. The van der Waals surface area contributed by atoms with Crippen molar-refractivity contribution >= 4 is 36.9 Å². The van der Waals surface area contributed by atoms with E-state index < -0.39 is 10.0 Å². The highest BCUT2D eigenvalue weighted by atomic mass is 79.9. The third-order valence-electron chi connectivity index (χ3n) is 3.83. The second-order valence-corrected chi connectivity index (χ2v) is 8.10. The fourth-order valence-electron chi connectivity index (χ4n) is 2.62. The van der Waals surface area contributed by atoms with Crippen molar-refractivity contribution in [3.05, 3.63) is 58.4 Å². The third kappa shape index (κ3) is 3.86. The first-order valence-electron chi connectivity index (χ1n) is 7.49. The number of hydrogen-bond donors (Lipinski definition) is 2. The summed E-state index contributed by atoms with van der Waals surface area (Å²) in [5.41, 5.74) is 1.66. The summed E-state index contributed by atoms with van der Waals surface area (Å²) in [6.07, 6.45) is 2.19. The van der Waals surface area contributed by atoms with Crippen molar-refractivity contribution in [3.8, 4) is 5.75 Å². The van der Waals surface area contributed by atoms with Gasteiger partial charge in [0.05, 0.1) is 7.11 Å². The summed E-state index contributed by atoms with van der Waals surface area (Å²) in [5.74, 6) is -0.0577. The van der Waals surface area contributed by atoms with E-state index in [0.717, 1.165) is 16.5 Å². The zero-order valence-electron chi connectivity index (χ0n) is 13.3. The number of nitrogens with one attached hydrogen (secondary N) is 2. The van der Waals surface area contributed by atoms with Crippen molar-refractivity contribution in [2.75, 3.05) is 13.7 Å². The molecule has 5 nitrogen and oxygen atoms in total. The number of aromatic nitrogens is 1. The van der Waals surface area contributed by atoms with Crippen LogP contribution in [0.25, 0.3) is 10.9 Å². The molecule has 0 aliphatic heterocycles. The van der Waals surface area contributed by atoms with Gasteiger partial charge in [-0.05, 0) is 48.4 Å². The van der Waals surface area contributed by atoms with Crippen LogP contribution >= 0.6 is 15.9 Å². The summed E-state index contributed by atoms with van der Waals surface area (Å²) in [5, 5.41) is 0.749. The fourth-order valence-corrected chi connectivity index (χ4v) is 4.35. The molecule has 25 heavy (non-hydrogen) atoms. The second kappa shape index (κ2) is 7.15. The highest BCUT2D eigenvalue weighted by molar-refractivity contribution is 9.10. The molecule has 0 amide bonds. The predicted molar refractivity (Wildman–Crippen MR) is 97.8 cm³/mol. The molecule has 0 fully saturated rings. The molecule has 2 N–H and O–H groups in total. The van der Waals surface area contributed by atoms with Gasteiger partial charge in [0.25, 0.3) is 0 Å². The van der Waals surface area contributed by atoms with Crippen LogP contribution in [0.2, 0.25) is 0 Å². The minimum absolute atomic E-state index is 0.0642. The summed E-state index contributed by atoms with van der Waals surface area (Å²) in [4.78, 5) is 3.11. The lowest BCUT2D eigenvalue weighted by Crippen LogP contribution is -2.26. The number of rotatable bonds is 6. The number of sulfonamides is 1. The van der Waals surface area contributed by atoms with E-state index in [-0.39, 0.29) is 23.0 Å². The zero-order chi connectivity index (χ0) is 18.0. The van der Waals surface area contributed by atoms with Crippen LogP contribution in [-0.4, -0.2) is 27.1 Å². The summed E-state index contributed by atoms with van der Waals surface area (Å²) in [6, 6.07) is 9.25. The molecule has 3 rings (SSSR count). The van der Waals surface area contributed by atoms with E-state index in [1.165, 1.54) is 25.3 Å². The lowest BCUT2D eigenvalue weighted by molar-refractivity contribution is 0.402. The quantitative estimate of drug-likeness (QED) is 0.632. The van der Waals surface area contributed by atoms with Crippen LogP contribution in [0, 0.1) is 5.82 Å². The van der Waals surface area contributed by atoms with Gasteiger partial charge in [-0.2, -0.15) is 0 Å². The van der Waals surface area contributed by atoms with Crippen molar-refractivity contribution < 1.29 is 17.5 Å². The fraction of sp³-hybridized carbons (Fsp3) is 0.176. The molecule has 0 bridgehead atoms. The van der Waals surface area contributed by atoms with E-state index in [9.17, 15) is 12.8 Å². The molecule has 0 unspecified atom stereocenters. The van der Waals surface area contributed by atoms with Crippen LogP contribution in [0.1, 0.15) is 5.56 Å². The Morgan fingerprint density at radius 2 is 2.04 bits per heavy atom. The van der Waals surface area contributed by atoms with Crippen molar-refractivity contribution in [1.29, 1.82) is 0 Å². The van der Waals surface area contributed by atoms with E-state index >= 15 is 0 Å². The average molecular weight is 427 g/mol. The smallest absolute Gasteiger partial charge is 0.244 e. The number of hydrogen-bond acceptors (Lipinski definition) is 3. The van der Waals surface area contributed by atoms with Gasteiger partial charge in [0.15, 0.2) is 0 Å². The first-order chi connectivity index (χ1) is 11.9. The Balaban J connectivity index is 1.76. The van der Waals surface area contributed by atoms with Crippen LogP contribution < -0.4 is 9.46 Å². The van der Waals surface area contributed by atoms with E-state index in [1.54, 1.807) is 24.4 Å². The molecule has 0 aliphatic rings. The molecule has 0 aliphatic carbocycles. The molecule has 1 aromatic heterocycles. The number of benzene rings is 2. The standard InChI is InChI=1S/C17H16BrFN2O3S/c1-24-16-5-2-12(18)8-17(16)25(22,23)21-7-6-11-10-20-15-4-3-13(19)9-14(11)15/h2-5,8-10,20-21H,6-7H2,1H3. The van der Waals surface area contributed by atoms with Crippen molar-refractivity contribution in [2.24, 2.45) is 0 Å². The van der Waals surface area contributed by atoms with Crippen molar-refractivity contribution in [2.45, 2.75) is 11.3 Å². The van der Waals surface area contributed by atoms with E-state index in [1.807, 2.05) is 0 Å². The monoisotopic (exact) mass is 426 g/mol. The van der Waals surface area contributed by atoms with Crippen LogP contribution in [0.4, 0.5) is 4.39 Å². The van der Waals surface area contributed by atoms with Gasteiger partial charge in [0.2, 0.25) is 10.0 Å². The van der Waals surface area contributed by atoms with E-state index in [2.05, 4.69) is 25.6 Å². The molecule has 3 aromatic rings. The largest absolute Gasteiger partial charge is 0.495 e. The molecule has 1 heterocycles. The van der Waals surface area contributed by atoms with E-state index in [4.69, 9.17) is 4.74 Å². The molecule has 0 saturated carbocycles. The van der Waals surface area contributed by atoms with Gasteiger partial charge in [-0.1, -0.05) is 15.9 Å². The van der Waals surface area contributed by atoms with Crippen LogP contribution in [0.3, 0.4) is 0 Å². The molecule has 0 spiro atoms. The molecular formula is C17H16BrFN2O3S. The van der Waals surface area contributed by atoms with Crippen LogP contribution in [-0.2, 0) is 16.4 Å². The number of H-pyrrole nitrogens is 1. The molecule has 2 aromatic carbocycles. The number of fused-ring (bicyclic) bond motifs is 1. The summed E-state index contributed by atoms with van der Waals surface area (Å²) < 4.78 is 46.8. The Kier molecular flexibility index (Phi) is 5.12. The first kappa shape index (κ1) is 17.9. The summed E-state index contributed by atoms with van der Waals surface area (Å²) >= 11 is 3.26. The minimum atomic E-state index is -3.73. The maximum atomic E-state index is 13.4. The Labute approximate surface area is 153 Å². The van der Waals surface area contributed by atoms with Crippen molar-refractivity contribution in [3.63, 3.8) is 0 Å². The second-order valence-electron chi connectivity index (χ2n) is 5.45. The minimum Gasteiger partial charge on any atom is -0.495 e. The zero-order valence-corrected chi connectivity index (χ0v) is 15.7. The number of ether oxygens (including phenoxy) is 1. The van der Waals surface area contributed by atoms with Crippen LogP contribution in [0.5, 0.6) is 5.75 Å². The Morgan fingerprint density at radius 1 is 1.24 bits per heavy atom. The van der Waals surface area contributed by atoms with Gasteiger partial charge in [-0.3, -0.25) is 0 Å². The van der Waals surface area contributed by atoms with Gasteiger partial charge >= 0.3 is 0 Å². The molecule has 8 heteroatoms. The molecule has 0 saturated heterocycles. The SMILES string of the molecule is COc1ccc(Br)cc1S(=O)(=O)NCCc1c[nH]c2ccc(F)cc12. The van der Waals surface area contributed by atoms with Gasteiger partial charge in [-0.25, -0.2) is 17.5 Å². The highest BCUT2D eigenvalue weighted by Gasteiger charge is 2.19. The predicted octanol–water partition coefficient (Wildman–Crippen LogP) is 3.60. The lowest BCUT2D eigenvalue weighted by Gasteiger charge is -2.11.